The number of unbranched alkanes of at least 4 members (excludes halogenated alkanes) is 3. The Morgan fingerprint density at radius 2 is 1.35 bits per heavy atom. The topological polar surface area (TPSA) is 20.2 Å². The average Bonchev–Trinajstić information content (AvgIpc) is 2.60. The van der Waals surface area contributed by atoms with Crippen LogP contribution in [0.15, 0.2) is 36.4 Å². The summed E-state index contributed by atoms with van der Waals surface area (Å²) in [6.45, 7) is 7.13. The first-order valence-electron chi connectivity index (χ1n) is 9.61. The Bertz CT molecular complexity index is 417. The summed E-state index contributed by atoms with van der Waals surface area (Å²) in [5.41, 5.74) is 1.39. The van der Waals surface area contributed by atoms with Crippen LogP contribution in [-0.2, 0) is 0 Å². The second-order valence-electron chi connectivity index (χ2n) is 6.76. The quantitative estimate of drug-likeness (QED) is 0.383. The van der Waals surface area contributed by atoms with Gasteiger partial charge < -0.3 is 0 Å². The predicted octanol–water partition coefficient (Wildman–Crippen LogP) is 6.45. The molecule has 130 valence electrons. The molecule has 0 aliphatic carbocycles. The van der Waals surface area contributed by atoms with Crippen molar-refractivity contribution in [2.45, 2.75) is 72.6 Å². The van der Waals surface area contributed by atoms with Gasteiger partial charge in [-0.05, 0) is 0 Å². The van der Waals surface area contributed by atoms with Crippen molar-refractivity contribution in [2.75, 3.05) is 6.61 Å². The molecule has 23 heavy (non-hydrogen) atoms. The fourth-order valence-electron chi connectivity index (χ4n) is 3.67. The van der Waals surface area contributed by atoms with Gasteiger partial charge in [0.25, 0.3) is 0 Å². The first kappa shape index (κ1) is 20.8. The summed E-state index contributed by atoms with van der Waals surface area (Å²) in [7, 11) is 0. The summed E-state index contributed by atoms with van der Waals surface area (Å²) in [4.78, 5) is 0. The Kier molecular flexibility index (Phi) is 11.0. The minimum absolute atomic E-state index is 0.188. The Morgan fingerprint density at radius 1 is 0.870 bits per heavy atom. The summed E-state index contributed by atoms with van der Waals surface area (Å²) in [5.74, 6) is 0. The molecular formula is C21H36OSn. The monoisotopic (exact) mass is 424 g/mol. The number of hydrogen-bond donors (Lipinski definition) is 1. The van der Waals surface area contributed by atoms with Gasteiger partial charge in [-0.2, -0.15) is 0 Å². The Morgan fingerprint density at radius 3 is 1.74 bits per heavy atom. The standard InChI is InChI=1S/C9H9O.3C4H9.Sn/c10-8-4-7-9-5-2-1-3-6-9;3*1-3-4-2;/h1-6,10H,8H2;3*1,3-4H2,2H3;. The fourth-order valence-corrected chi connectivity index (χ4v) is 20.7. The number of aliphatic hydroxyl groups is 1. The number of aliphatic hydroxyl groups excluding tert-OH is 1. The van der Waals surface area contributed by atoms with Crippen molar-refractivity contribution in [1.29, 1.82) is 0 Å². The molecule has 0 radical (unpaired) electrons. The molecule has 0 fully saturated rings. The van der Waals surface area contributed by atoms with Crippen LogP contribution < -0.4 is 0 Å². The molecule has 0 aromatic heterocycles. The van der Waals surface area contributed by atoms with Gasteiger partial charge in [-0.3, -0.25) is 0 Å². The van der Waals surface area contributed by atoms with Crippen LogP contribution in [0.3, 0.4) is 0 Å². The summed E-state index contributed by atoms with van der Waals surface area (Å²) in [6.07, 6.45) is 10.1. The number of rotatable bonds is 12. The predicted molar refractivity (Wildman–Crippen MR) is 106 cm³/mol. The van der Waals surface area contributed by atoms with Crippen LogP contribution in [0.4, 0.5) is 0 Å². The molecule has 1 nitrogen and oxygen atoms in total. The third-order valence-corrected chi connectivity index (χ3v) is 20.9. The van der Waals surface area contributed by atoms with E-state index in [4.69, 9.17) is 0 Å². The zero-order valence-corrected chi connectivity index (χ0v) is 18.3. The fraction of sp³-hybridized carbons (Fsp3) is 0.619. The van der Waals surface area contributed by atoms with Crippen molar-refractivity contribution in [3.05, 3.63) is 42.0 Å². The molecule has 0 bridgehead atoms. The van der Waals surface area contributed by atoms with E-state index in [2.05, 4.69) is 57.2 Å². The maximum atomic E-state index is 9.69. The van der Waals surface area contributed by atoms with Crippen LogP contribution in [0.1, 0.15) is 64.9 Å². The molecule has 0 aliphatic rings. The van der Waals surface area contributed by atoms with E-state index >= 15 is 0 Å². The third kappa shape index (κ3) is 6.62. The molecule has 0 amide bonds. The van der Waals surface area contributed by atoms with E-state index < -0.39 is 18.4 Å². The zero-order valence-electron chi connectivity index (χ0n) is 15.5. The SMILES string of the molecule is CCC[CH2][Sn]([CH2]CCC)([CH2]CCC)/[C](=C/CO)c1ccccc1. The van der Waals surface area contributed by atoms with Crippen molar-refractivity contribution in [3.8, 4) is 0 Å². The van der Waals surface area contributed by atoms with Crippen molar-refractivity contribution in [3.63, 3.8) is 0 Å². The minimum atomic E-state index is -2.46. The van der Waals surface area contributed by atoms with Gasteiger partial charge in [0.15, 0.2) is 0 Å². The summed E-state index contributed by atoms with van der Waals surface area (Å²) in [6, 6.07) is 10.9. The second kappa shape index (κ2) is 12.1. The van der Waals surface area contributed by atoms with Crippen LogP contribution in [0.2, 0.25) is 13.3 Å². The molecule has 0 saturated carbocycles. The first-order chi connectivity index (χ1) is 11.2. The van der Waals surface area contributed by atoms with Crippen LogP contribution in [-0.4, -0.2) is 30.1 Å². The van der Waals surface area contributed by atoms with E-state index in [9.17, 15) is 5.11 Å². The van der Waals surface area contributed by atoms with Gasteiger partial charge >= 0.3 is 148 Å². The summed E-state index contributed by atoms with van der Waals surface area (Å²) < 4.78 is 5.95. The molecule has 0 unspecified atom stereocenters. The van der Waals surface area contributed by atoms with Gasteiger partial charge in [0.2, 0.25) is 0 Å². The molecule has 0 saturated heterocycles. The van der Waals surface area contributed by atoms with Crippen LogP contribution in [0.5, 0.6) is 0 Å². The molecule has 1 N–H and O–H groups in total. The van der Waals surface area contributed by atoms with E-state index in [1.165, 1.54) is 57.4 Å². The molecule has 0 heterocycles. The van der Waals surface area contributed by atoms with Crippen molar-refractivity contribution in [1.82, 2.24) is 0 Å². The molecule has 0 spiro atoms. The molecule has 1 rings (SSSR count). The third-order valence-electron chi connectivity index (χ3n) is 4.98. The summed E-state index contributed by atoms with van der Waals surface area (Å²) in [5, 5.41) is 9.69. The molecule has 0 aliphatic heterocycles. The summed E-state index contributed by atoms with van der Waals surface area (Å²) >= 11 is -2.46. The average molecular weight is 423 g/mol. The van der Waals surface area contributed by atoms with E-state index in [0.717, 1.165) is 0 Å². The molecule has 1 aromatic carbocycles. The Hall–Kier alpha value is -0.281. The Balaban J connectivity index is 3.25. The normalized spacial score (nSPS) is 12.6. The first-order valence-corrected chi connectivity index (χ1v) is 17.1. The van der Waals surface area contributed by atoms with Gasteiger partial charge in [-0.25, -0.2) is 0 Å². The molecule has 1 aromatic rings. The van der Waals surface area contributed by atoms with Gasteiger partial charge in [0.1, 0.15) is 0 Å². The van der Waals surface area contributed by atoms with E-state index in [-0.39, 0.29) is 6.61 Å². The van der Waals surface area contributed by atoms with Crippen LogP contribution in [0, 0.1) is 0 Å². The zero-order chi connectivity index (χ0) is 17.0. The second-order valence-corrected chi connectivity index (χ2v) is 19.9. The molecule has 2 heteroatoms. The number of benzene rings is 1. The van der Waals surface area contributed by atoms with E-state index in [1.54, 1.807) is 3.59 Å². The van der Waals surface area contributed by atoms with Crippen LogP contribution >= 0.6 is 0 Å². The van der Waals surface area contributed by atoms with E-state index in [1.807, 2.05) is 0 Å². The van der Waals surface area contributed by atoms with Crippen molar-refractivity contribution < 1.29 is 5.11 Å². The number of hydrogen-bond acceptors (Lipinski definition) is 1. The van der Waals surface area contributed by atoms with E-state index in [0.29, 0.717) is 0 Å². The van der Waals surface area contributed by atoms with Gasteiger partial charge in [-0.1, -0.05) is 0 Å². The van der Waals surface area contributed by atoms with Crippen molar-refractivity contribution >= 4 is 22.0 Å². The van der Waals surface area contributed by atoms with Gasteiger partial charge in [0, 0.05) is 0 Å². The van der Waals surface area contributed by atoms with Crippen molar-refractivity contribution in [2.24, 2.45) is 0 Å². The van der Waals surface area contributed by atoms with Gasteiger partial charge in [0.05, 0.1) is 0 Å². The van der Waals surface area contributed by atoms with Crippen LogP contribution in [0.25, 0.3) is 3.59 Å². The maximum absolute atomic E-state index is 9.69. The molecular weight excluding hydrogens is 387 g/mol. The molecule has 0 atom stereocenters. The van der Waals surface area contributed by atoms with Gasteiger partial charge in [-0.15, -0.1) is 0 Å². The Labute approximate surface area is 148 Å².